The molecule has 2 heteroatoms. The van der Waals surface area contributed by atoms with Crippen LogP contribution in [0.1, 0.15) is 54.0 Å². The van der Waals surface area contributed by atoms with Crippen molar-refractivity contribution in [2.75, 3.05) is 0 Å². The average molecular weight is 285 g/mol. The zero-order chi connectivity index (χ0) is 15.4. The van der Waals surface area contributed by atoms with Crippen molar-refractivity contribution < 1.29 is 4.39 Å². The smallest absolute Gasteiger partial charge is 0.123 e. The van der Waals surface area contributed by atoms with Gasteiger partial charge in [-0.2, -0.15) is 0 Å². The van der Waals surface area contributed by atoms with Crippen LogP contribution < -0.4 is 5.73 Å². The molecule has 2 aromatic carbocycles. The molecule has 0 radical (unpaired) electrons. The molecule has 112 valence electrons. The van der Waals surface area contributed by atoms with E-state index in [1.807, 2.05) is 12.1 Å². The van der Waals surface area contributed by atoms with Crippen molar-refractivity contribution >= 4 is 0 Å². The second-order valence-corrected chi connectivity index (χ2v) is 5.79. The Labute approximate surface area is 127 Å². The van der Waals surface area contributed by atoms with Crippen LogP contribution in [0.15, 0.2) is 36.4 Å². The molecule has 0 bridgehead atoms. The summed E-state index contributed by atoms with van der Waals surface area (Å²) >= 11 is 0. The molecule has 2 aromatic rings. The molecule has 0 spiro atoms. The van der Waals surface area contributed by atoms with Crippen molar-refractivity contribution in [3.63, 3.8) is 0 Å². The van der Waals surface area contributed by atoms with Gasteiger partial charge in [-0.1, -0.05) is 38.1 Å². The predicted molar refractivity (Wildman–Crippen MR) is 87.0 cm³/mol. The van der Waals surface area contributed by atoms with Crippen molar-refractivity contribution in [1.29, 1.82) is 0 Å². The van der Waals surface area contributed by atoms with Crippen LogP contribution in [0.25, 0.3) is 0 Å². The minimum absolute atomic E-state index is 0.193. The van der Waals surface area contributed by atoms with Crippen molar-refractivity contribution in [1.82, 2.24) is 0 Å². The summed E-state index contributed by atoms with van der Waals surface area (Å²) in [7, 11) is 0. The Balaban J connectivity index is 2.35. The summed E-state index contributed by atoms with van der Waals surface area (Å²) in [6.07, 6.45) is 1.93. The van der Waals surface area contributed by atoms with Crippen molar-refractivity contribution in [2.24, 2.45) is 5.73 Å². The zero-order valence-corrected chi connectivity index (χ0v) is 13.1. The monoisotopic (exact) mass is 285 g/mol. The van der Waals surface area contributed by atoms with Gasteiger partial charge in [-0.3, -0.25) is 0 Å². The Kier molecular flexibility index (Phi) is 5.13. The molecule has 1 nitrogen and oxygen atoms in total. The molecule has 0 amide bonds. The van der Waals surface area contributed by atoms with Gasteiger partial charge in [0, 0.05) is 6.54 Å². The maximum atomic E-state index is 13.0. The van der Waals surface area contributed by atoms with Gasteiger partial charge in [-0.25, -0.2) is 4.39 Å². The van der Waals surface area contributed by atoms with Crippen LogP contribution in [-0.4, -0.2) is 0 Å². The highest BCUT2D eigenvalue weighted by molar-refractivity contribution is 5.42. The minimum atomic E-state index is -0.193. The molecule has 0 aliphatic heterocycles. The van der Waals surface area contributed by atoms with E-state index in [-0.39, 0.29) is 5.82 Å². The van der Waals surface area contributed by atoms with E-state index in [1.54, 1.807) is 0 Å². The van der Waals surface area contributed by atoms with E-state index in [0.29, 0.717) is 12.5 Å². The van der Waals surface area contributed by atoms with Gasteiger partial charge in [0.1, 0.15) is 5.82 Å². The molecule has 0 saturated carbocycles. The number of aryl methyl sites for hydroxylation is 1. The lowest BCUT2D eigenvalue weighted by Crippen LogP contribution is -2.06. The topological polar surface area (TPSA) is 26.0 Å². The Hall–Kier alpha value is -1.67. The minimum Gasteiger partial charge on any atom is -0.326 e. The van der Waals surface area contributed by atoms with Crippen molar-refractivity contribution in [3.05, 3.63) is 70.0 Å². The molecule has 1 unspecified atom stereocenters. The van der Waals surface area contributed by atoms with Gasteiger partial charge in [0.05, 0.1) is 0 Å². The lowest BCUT2D eigenvalue weighted by molar-refractivity contribution is 0.627. The van der Waals surface area contributed by atoms with Crippen molar-refractivity contribution in [2.45, 2.75) is 46.1 Å². The SMILES string of the molecule is CCC(C)c1cc(CN)c(Cc2ccc(F)cc2)cc1C. The second kappa shape index (κ2) is 6.86. The molecule has 0 heterocycles. The molecular formula is C19H24FN. The van der Waals surface area contributed by atoms with E-state index >= 15 is 0 Å². The maximum Gasteiger partial charge on any atom is 0.123 e. The van der Waals surface area contributed by atoms with Gasteiger partial charge in [0.15, 0.2) is 0 Å². The normalized spacial score (nSPS) is 12.4. The third-order valence-corrected chi connectivity index (χ3v) is 4.26. The quantitative estimate of drug-likeness (QED) is 0.847. The molecule has 0 aliphatic carbocycles. The first-order valence-corrected chi connectivity index (χ1v) is 7.62. The van der Waals surface area contributed by atoms with Gasteiger partial charge in [-0.15, -0.1) is 0 Å². The summed E-state index contributed by atoms with van der Waals surface area (Å²) in [4.78, 5) is 0. The van der Waals surface area contributed by atoms with E-state index in [0.717, 1.165) is 18.4 Å². The number of hydrogen-bond donors (Lipinski definition) is 1. The molecule has 0 aliphatic rings. The molecular weight excluding hydrogens is 261 g/mol. The van der Waals surface area contributed by atoms with Crippen LogP contribution in [0.5, 0.6) is 0 Å². The first-order valence-electron chi connectivity index (χ1n) is 7.62. The first-order chi connectivity index (χ1) is 10.0. The summed E-state index contributed by atoms with van der Waals surface area (Å²) < 4.78 is 13.0. The van der Waals surface area contributed by atoms with Crippen LogP contribution in [-0.2, 0) is 13.0 Å². The third-order valence-electron chi connectivity index (χ3n) is 4.26. The summed E-state index contributed by atoms with van der Waals surface area (Å²) in [5, 5.41) is 0. The fraction of sp³-hybridized carbons (Fsp3) is 0.368. The van der Waals surface area contributed by atoms with Gasteiger partial charge in [0.25, 0.3) is 0 Å². The highest BCUT2D eigenvalue weighted by Gasteiger charge is 2.11. The van der Waals surface area contributed by atoms with Crippen LogP contribution in [0.2, 0.25) is 0 Å². The standard InChI is InChI=1S/C19H24FN/c1-4-13(2)19-11-17(12-21)16(9-14(19)3)10-15-5-7-18(20)8-6-15/h5-9,11,13H,4,10,12,21H2,1-3H3. The molecule has 0 fully saturated rings. The van der Waals surface area contributed by atoms with Gasteiger partial charge < -0.3 is 5.73 Å². The van der Waals surface area contributed by atoms with Crippen LogP contribution in [0.3, 0.4) is 0 Å². The van der Waals surface area contributed by atoms with Crippen LogP contribution >= 0.6 is 0 Å². The highest BCUT2D eigenvalue weighted by atomic mass is 19.1. The van der Waals surface area contributed by atoms with E-state index in [1.165, 1.54) is 34.4 Å². The molecule has 0 saturated heterocycles. The Morgan fingerprint density at radius 3 is 2.33 bits per heavy atom. The first kappa shape index (κ1) is 15.7. The summed E-state index contributed by atoms with van der Waals surface area (Å²) in [5.41, 5.74) is 12.2. The van der Waals surface area contributed by atoms with E-state index in [9.17, 15) is 4.39 Å². The highest BCUT2D eigenvalue weighted by Crippen LogP contribution is 2.27. The lowest BCUT2D eigenvalue weighted by atomic mass is 9.88. The Morgan fingerprint density at radius 2 is 1.76 bits per heavy atom. The lowest BCUT2D eigenvalue weighted by Gasteiger charge is -2.17. The Bertz CT molecular complexity index is 602. The fourth-order valence-corrected chi connectivity index (χ4v) is 2.76. The number of nitrogens with two attached hydrogens (primary N) is 1. The summed E-state index contributed by atoms with van der Waals surface area (Å²) in [6.45, 7) is 7.16. The molecule has 0 aromatic heterocycles. The van der Waals surface area contributed by atoms with Crippen LogP contribution in [0, 0.1) is 12.7 Å². The molecule has 21 heavy (non-hydrogen) atoms. The largest absolute Gasteiger partial charge is 0.326 e. The van der Waals surface area contributed by atoms with E-state index < -0.39 is 0 Å². The summed E-state index contributed by atoms with van der Waals surface area (Å²) in [5.74, 6) is 0.358. The van der Waals surface area contributed by atoms with Gasteiger partial charge in [0.2, 0.25) is 0 Å². The van der Waals surface area contributed by atoms with Crippen molar-refractivity contribution in [3.8, 4) is 0 Å². The number of rotatable bonds is 5. The van der Waals surface area contributed by atoms with Crippen LogP contribution in [0.4, 0.5) is 4.39 Å². The Morgan fingerprint density at radius 1 is 1.10 bits per heavy atom. The number of halogens is 1. The second-order valence-electron chi connectivity index (χ2n) is 5.79. The summed E-state index contributed by atoms with van der Waals surface area (Å²) in [6, 6.07) is 11.2. The molecule has 2 N–H and O–H groups in total. The number of hydrogen-bond acceptors (Lipinski definition) is 1. The average Bonchev–Trinajstić information content (AvgIpc) is 2.49. The van der Waals surface area contributed by atoms with E-state index in [2.05, 4.69) is 32.9 Å². The third kappa shape index (κ3) is 3.70. The molecule has 1 atom stereocenters. The number of benzene rings is 2. The zero-order valence-electron chi connectivity index (χ0n) is 13.1. The maximum absolute atomic E-state index is 13.0. The molecule has 2 rings (SSSR count). The fourth-order valence-electron chi connectivity index (χ4n) is 2.76. The van der Waals surface area contributed by atoms with Gasteiger partial charge >= 0.3 is 0 Å². The van der Waals surface area contributed by atoms with Gasteiger partial charge in [-0.05, 0) is 65.6 Å². The van der Waals surface area contributed by atoms with E-state index in [4.69, 9.17) is 5.73 Å². The predicted octanol–water partition coefficient (Wildman–Crippen LogP) is 4.70.